The van der Waals surface area contributed by atoms with E-state index in [4.69, 9.17) is 5.11 Å². The van der Waals surface area contributed by atoms with E-state index in [9.17, 15) is 9.59 Å². The fourth-order valence-electron chi connectivity index (χ4n) is 1.14. The van der Waals surface area contributed by atoms with Gasteiger partial charge in [0.25, 0.3) is 0 Å². The second-order valence-electron chi connectivity index (χ2n) is 2.81. The first-order chi connectivity index (χ1) is 6.65. The molecule has 0 unspecified atom stereocenters. The molecule has 4 heteroatoms. The van der Waals surface area contributed by atoms with Crippen molar-refractivity contribution in [1.82, 2.24) is 0 Å². The van der Waals surface area contributed by atoms with Crippen LogP contribution in [0.25, 0.3) is 0 Å². The number of carbonyl (C=O) groups excluding carboxylic acids is 1. The summed E-state index contributed by atoms with van der Waals surface area (Å²) in [6.45, 7) is 0. The molecule has 0 amide bonds. The zero-order chi connectivity index (χ0) is 10.6. The molecular formula is C10H9BrO3. The van der Waals surface area contributed by atoms with E-state index in [0.29, 0.717) is 5.56 Å². The van der Waals surface area contributed by atoms with Gasteiger partial charge in [-0.05, 0) is 11.6 Å². The van der Waals surface area contributed by atoms with Crippen LogP contribution in [0, 0.1) is 0 Å². The number of hydrogen-bond acceptors (Lipinski definition) is 2. The van der Waals surface area contributed by atoms with Crippen LogP contribution in [0.4, 0.5) is 0 Å². The lowest BCUT2D eigenvalue weighted by Crippen LogP contribution is -2.09. The van der Waals surface area contributed by atoms with Crippen LogP contribution in [0.15, 0.2) is 24.3 Å². The number of Topliss-reactive ketones (excluding diaryl/α,β-unsaturated/α-hetero) is 1. The van der Waals surface area contributed by atoms with E-state index in [0.717, 1.165) is 0 Å². The highest BCUT2D eigenvalue weighted by Gasteiger charge is 2.11. The van der Waals surface area contributed by atoms with Crippen LogP contribution >= 0.6 is 15.9 Å². The van der Waals surface area contributed by atoms with Gasteiger partial charge in [-0.3, -0.25) is 4.79 Å². The minimum atomic E-state index is -0.997. The zero-order valence-corrected chi connectivity index (χ0v) is 8.95. The number of alkyl halides is 1. The van der Waals surface area contributed by atoms with E-state index in [1.807, 2.05) is 0 Å². The molecule has 0 aliphatic carbocycles. The van der Waals surface area contributed by atoms with Gasteiger partial charge in [0, 0.05) is 6.42 Å². The van der Waals surface area contributed by atoms with Crippen LogP contribution in [-0.2, 0) is 11.2 Å². The number of rotatable bonds is 4. The number of halogens is 1. The molecule has 1 aromatic rings. The van der Waals surface area contributed by atoms with Crippen molar-refractivity contribution in [2.24, 2.45) is 0 Å². The summed E-state index contributed by atoms with van der Waals surface area (Å²) in [5, 5.41) is 9.08. The quantitative estimate of drug-likeness (QED) is 0.838. The Morgan fingerprint density at radius 1 is 1.29 bits per heavy atom. The summed E-state index contributed by atoms with van der Waals surface area (Å²) in [7, 11) is 0. The maximum atomic E-state index is 11.1. The maximum absolute atomic E-state index is 11.1. The van der Waals surface area contributed by atoms with E-state index in [1.54, 1.807) is 18.2 Å². The molecule has 0 saturated carbocycles. The van der Waals surface area contributed by atoms with E-state index >= 15 is 0 Å². The fraction of sp³-hybridized carbons (Fsp3) is 0.200. The fourth-order valence-corrected chi connectivity index (χ4v) is 1.34. The molecule has 0 fully saturated rings. The average molecular weight is 257 g/mol. The summed E-state index contributed by atoms with van der Waals surface area (Å²) in [6, 6.07) is 6.53. The number of carboxylic acids is 1. The van der Waals surface area contributed by atoms with Gasteiger partial charge in [-0.2, -0.15) is 0 Å². The average Bonchev–Trinajstić information content (AvgIpc) is 2.18. The van der Waals surface area contributed by atoms with E-state index < -0.39 is 5.97 Å². The summed E-state index contributed by atoms with van der Waals surface area (Å²) in [5.41, 5.74) is 0.756. The van der Waals surface area contributed by atoms with Crippen molar-refractivity contribution in [1.29, 1.82) is 0 Å². The molecular weight excluding hydrogens is 248 g/mol. The number of carbonyl (C=O) groups is 2. The second kappa shape index (κ2) is 4.91. The third-order valence-electron chi connectivity index (χ3n) is 1.78. The molecule has 0 aliphatic rings. The normalized spacial score (nSPS) is 9.79. The highest BCUT2D eigenvalue weighted by molar-refractivity contribution is 9.09. The molecule has 0 atom stereocenters. The van der Waals surface area contributed by atoms with Crippen molar-refractivity contribution in [2.75, 3.05) is 5.33 Å². The Bertz CT molecular complexity index is 360. The molecule has 0 heterocycles. The number of hydrogen-bond donors (Lipinski definition) is 1. The molecule has 1 rings (SSSR count). The van der Waals surface area contributed by atoms with Crippen molar-refractivity contribution < 1.29 is 14.7 Å². The topological polar surface area (TPSA) is 54.4 Å². The molecule has 0 spiro atoms. The maximum Gasteiger partial charge on any atom is 0.335 e. The number of ketones is 1. The highest BCUT2D eigenvalue weighted by Crippen LogP contribution is 2.10. The van der Waals surface area contributed by atoms with Crippen LogP contribution in [0.3, 0.4) is 0 Å². The Kier molecular flexibility index (Phi) is 3.83. The predicted octanol–water partition coefficient (Wildman–Crippen LogP) is 1.89. The number of carboxylic acid groups (broad SMARTS) is 1. The van der Waals surface area contributed by atoms with Crippen molar-refractivity contribution >= 4 is 27.7 Å². The molecule has 0 aliphatic heterocycles. The Morgan fingerprint density at radius 2 is 1.93 bits per heavy atom. The standard InChI is InChI=1S/C10H9BrO3/c11-6-8(12)5-7-3-1-2-4-9(7)10(13)14/h1-4H,5-6H2,(H,13,14). The van der Waals surface area contributed by atoms with Crippen LogP contribution in [-0.4, -0.2) is 22.2 Å². The Morgan fingerprint density at radius 3 is 2.50 bits per heavy atom. The lowest BCUT2D eigenvalue weighted by Gasteiger charge is -2.03. The number of aromatic carboxylic acids is 1. The Balaban J connectivity index is 2.95. The lowest BCUT2D eigenvalue weighted by atomic mass is 10.0. The largest absolute Gasteiger partial charge is 0.478 e. The van der Waals surface area contributed by atoms with Gasteiger partial charge in [0.15, 0.2) is 0 Å². The molecule has 0 aromatic heterocycles. The van der Waals surface area contributed by atoms with Crippen LogP contribution in [0.5, 0.6) is 0 Å². The molecule has 1 N–H and O–H groups in total. The van der Waals surface area contributed by atoms with Crippen molar-refractivity contribution in [3.8, 4) is 0 Å². The van der Waals surface area contributed by atoms with E-state index in [2.05, 4.69) is 15.9 Å². The minimum absolute atomic E-state index is 0.0290. The van der Waals surface area contributed by atoms with Crippen LogP contribution in [0.2, 0.25) is 0 Å². The Hall–Kier alpha value is -1.16. The SMILES string of the molecule is O=C(CBr)Cc1ccccc1C(=O)O. The van der Waals surface area contributed by atoms with Gasteiger partial charge >= 0.3 is 5.97 Å². The van der Waals surface area contributed by atoms with Crippen LogP contribution < -0.4 is 0 Å². The van der Waals surface area contributed by atoms with Gasteiger partial charge in [-0.25, -0.2) is 4.79 Å². The van der Waals surface area contributed by atoms with Gasteiger partial charge in [-0.15, -0.1) is 0 Å². The highest BCUT2D eigenvalue weighted by atomic mass is 79.9. The summed E-state index contributed by atoms with van der Waals surface area (Å²) in [5.74, 6) is -1.03. The number of benzene rings is 1. The first kappa shape index (κ1) is 10.9. The molecule has 74 valence electrons. The van der Waals surface area contributed by atoms with Crippen LogP contribution in [0.1, 0.15) is 15.9 Å². The van der Waals surface area contributed by atoms with E-state index in [-0.39, 0.29) is 23.1 Å². The van der Waals surface area contributed by atoms with E-state index in [1.165, 1.54) is 6.07 Å². The molecule has 0 saturated heterocycles. The smallest absolute Gasteiger partial charge is 0.335 e. The first-order valence-corrected chi connectivity index (χ1v) is 5.16. The molecule has 0 bridgehead atoms. The summed E-state index contributed by atoms with van der Waals surface area (Å²) >= 11 is 3.04. The van der Waals surface area contributed by atoms with Gasteiger partial charge in [0.1, 0.15) is 5.78 Å². The first-order valence-electron chi connectivity index (χ1n) is 4.04. The van der Waals surface area contributed by atoms with Crippen molar-refractivity contribution in [3.63, 3.8) is 0 Å². The Labute approximate surface area is 89.9 Å². The van der Waals surface area contributed by atoms with Crippen molar-refractivity contribution in [3.05, 3.63) is 35.4 Å². The third-order valence-corrected chi connectivity index (χ3v) is 2.41. The zero-order valence-electron chi connectivity index (χ0n) is 7.37. The van der Waals surface area contributed by atoms with Gasteiger partial charge < -0.3 is 5.11 Å². The molecule has 0 radical (unpaired) electrons. The molecule has 3 nitrogen and oxygen atoms in total. The summed E-state index contributed by atoms with van der Waals surface area (Å²) in [6.07, 6.45) is 0.160. The van der Waals surface area contributed by atoms with Gasteiger partial charge in [0.05, 0.1) is 10.9 Å². The predicted molar refractivity (Wildman–Crippen MR) is 55.9 cm³/mol. The summed E-state index contributed by atoms with van der Waals surface area (Å²) < 4.78 is 0. The monoisotopic (exact) mass is 256 g/mol. The third kappa shape index (κ3) is 2.67. The second-order valence-corrected chi connectivity index (χ2v) is 3.37. The molecule has 14 heavy (non-hydrogen) atoms. The summed E-state index contributed by atoms with van der Waals surface area (Å²) in [4.78, 5) is 21.9. The lowest BCUT2D eigenvalue weighted by molar-refractivity contribution is -0.115. The van der Waals surface area contributed by atoms with Crippen molar-refractivity contribution in [2.45, 2.75) is 6.42 Å². The molecule has 1 aromatic carbocycles. The minimum Gasteiger partial charge on any atom is -0.478 e. The van der Waals surface area contributed by atoms with Gasteiger partial charge in [-0.1, -0.05) is 34.1 Å². The van der Waals surface area contributed by atoms with Gasteiger partial charge in [0.2, 0.25) is 0 Å².